The molecule has 1 aliphatic heterocycles. The van der Waals surface area contributed by atoms with Crippen LogP contribution >= 0.6 is 0 Å². The molecule has 4 N–H and O–H groups in total. The number of rotatable bonds is 8. The van der Waals surface area contributed by atoms with E-state index >= 15 is 0 Å². The lowest BCUT2D eigenvalue weighted by Gasteiger charge is -2.39. The number of amides is 1. The van der Waals surface area contributed by atoms with Crippen molar-refractivity contribution in [3.63, 3.8) is 0 Å². The summed E-state index contributed by atoms with van der Waals surface area (Å²) in [5.74, 6) is -2.92. The molecule has 3 rings (SSSR count). The minimum absolute atomic E-state index is 0.0206. The summed E-state index contributed by atoms with van der Waals surface area (Å²) in [6.07, 6.45) is 3.92. The standard InChI is InChI=1S/C12H13F2N3O3.C7H16N2O/c13-12(14)5-17(6-12)9-10(20-4-7-1-2-7)16-8(3-15-9)11(18)19;1-5(2)4-6(8)7(10)9-3/h3,7H,1-2,4-6H2,(H,18,19);5-6H,4,8H2,1-3H3,(H,9,10)/t;6-/m.0/s1. The van der Waals surface area contributed by atoms with E-state index in [1.807, 2.05) is 13.8 Å². The van der Waals surface area contributed by atoms with Crippen LogP contribution in [0.25, 0.3) is 0 Å². The van der Waals surface area contributed by atoms with Gasteiger partial charge in [-0.3, -0.25) is 4.79 Å². The van der Waals surface area contributed by atoms with Crippen LogP contribution in [0.1, 0.15) is 43.6 Å². The molecule has 2 fully saturated rings. The van der Waals surface area contributed by atoms with E-state index in [9.17, 15) is 18.4 Å². The number of alkyl halides is 2. The molecular weight excluding hydrogens is 400 g/mol. The number of carbonyl (C=O) groups excluding carboxylic acids is 1. The summed E-state index contributed by atoms with van der Waals surface area (Å²) >= 11 is 0. The summed E-state index contributed by atoms with van der Waals surface area (Å²) in [4.78, 5) is 30.8. The summed E-state index contributed by atoms with van der Waals surface area (Å²) in [5, 5.41) is 11.4. The van der Waals surface area contributed by atoms with Gasteiger partial charge in [0, 0.05) is 7.05 Å². The fourth-order valence-electron chi connectivity index (χ4n) is 2.73. The Kier molecular flexibility index (Phi) is 7.88. The first kappa shape index (κ1) is 23.7. The molecule has 1 saturated heterocycles. The van der Waals surface area contributed by atoms with Crippen LogP contribution in [0.3, 0.4) is 0 Å². The lowest BCUT2D eigenvalue weighted by Crippen LogP contribution is -2.56. The van der Waals surface area contributed by atoms with E-state index in [4.69, 9.17) is 15.6 Å². The molecular formula is C19H29F2N5O4. The average molecular weight is 429 g/mol. The summed E-state index contributed by atoms with van der Waals surface area (Å²) in [6.45, 7) is 3.60. The van der Waals surface area contributed by atoms with Crippen LogP contribution in [0.15, 0.2) is 6.20 Å². The number of carboxylic acid groups (broad SMARTS) is 1. The minimum Gasteiger partial charge on any atom is -0.476 e. The molecule has 1 aliphatic carbocycles. The van der Waals surface area contributed by atoms with E-state index in [1.54, 1.807) is 7.05 Å². The third-order valence-corrected chi connectivity index (χ3v) is 4.55. The monoisotopic (exact) mass is 429 g/mol. The second kappa shape index (κ2) is 9.96. The van der Waals surface area contributed by atoms with Gasteiger partial charge in [0.1, 0.15) is 0 Å². The van der Waals surface area contributed by atoms with Crippen molar-refractivity contribution in [1.29, 1.82) is 0 Å². The number of halogens is 2. The number of carbonyl (C=O) groups is 2. The molecule has 168 valence electrons. The normalized spacial score (nSPS) is 18.0. The molecule has 2 heterocycles. The third-order valence-electron chi connectivity index (χ3n) is 4.55. The van der Waals surface area contributed by atoms with E-state index in [1.165, 1.54) is 4.90 Å². The van der Waals surface area contributed by atoms with E-state index in [2.05, 4.69) is 15.3 Å². The van der Waals surface area contributed by atoms with Crippen LogP contribution in [0.2, 0.25) is 0 Å². The molecule has 1 aromatic rings. The van der Waals surface area contributed by atoms with Crippen molar-refractivity contribution in [1.82, 2.24) is 15.3 Å². The zero-order valence-electron chi connectivity index (χ0n) is 17.4. The Balaban J connectivity index is 0.000000274. The van der Waals surface area contributed by atoms with Crippen molar-refractivity contribution >= 4 is 17.7 Å². The van der Waals surface area contributed by atoms with Crippen LogP contribution < -0.4 is 20.7 Å². The third kappa shape index (κ3) is 7.05. The topological polar surface area (TPSA) is 131 Å². The largest absolute Gasteiger partial charge is 0.476 e. The molecule has 1 aromatic heterocycles. The number of hydrogen-bond acceptors (Lipinski definition) is 7. The van der Waals surface area contributed by atoms with Crippen molar-refractivity contribution in [2.75, 3.05) is 31.6 Å². The van der Waals surface area contributed by atoms with Gasteiger partial charge in [0.15, 0.2) is 11.5 Å². The number of aromatic carboxylic acids is 1. The second-order valence-electron chi connectivity index (χ2n) is 8.01. The first-order valence-corrected chi connectivity index (χ1v) is 9.85. The zero-order valence-corrected chi connectivity index (χ0v) is 17.4. The maximum absolute atomic E-state index is 12.9. The van der Waals surface area contributed by atoms with Gasteiger partial charge in [-0.25, -0.2) is 23.5 Å². The lowest BCUT2D eigenvalue weighted by molar-refractivity contribution is -0.122. The number of anilines is 1. The number of nitrogens with two attached hydrogens (primary N) is 1. The summed E-state index contributed by atoms with van der Waals surface area (Å²) in [7, 11) is 1.60. The quantitative estimate of drug-likeness (QED) is 0.567. The number of likely N-dealkylation sites (N-methyl/N-ethyl adjacent to an activating group) is 1. The van der Waals surface area contributed by atoms with Gasteiger partial charge in [0.05, 0.1) is 31.9 Å². The molecule has 0 radical (unpaired) electrons. The summed E-state index contributed by atoms with van der Waals surface area (Å²) < 4.78 is 31.3. The van der Waals surface area contributed by atoms with Crippen molar-refractivity contribution in [2.24, 2.45) is 17.6 Å². The Morgan fingerprint density at radius 1 is 1.40 bits per heavy atom. The first-order valence-electron chi connectivity index (χ1n) is 9.85. The Hall–Kier alpha value is -2.56. The van der Waals surface area contributed by atoms with Crippen molar-refractivity contribution in [3.05, 3.63) is 11.9 Å². The SMILES string of the molecule is CNC(=O)[C@@H](N)CC(C)C.O=C(O)c1cnc(N2CC(F)(F)C2)c(OCC2CC2)n1. The molecule has 0 unspecified atom stereocenters. The number of ether oxygens (including phenoxy) is 1. The molecule has 0 bridgehead atoms. The second-order valence-corrected chi connectivity index (χ2v) is 8.01. The predicted octanol–water partition coefficient (Wildman–Crippen LogP) is 1.52. The lowest BCUT2D eigenvalue weighted by atomic mass is 10.0. The van der Waals surface area contributed by atoms with Gasteiger partial charge in [0.2, 0.25) is 5.91 Å². The summed E-state index contributed by atoms with van der Waals surface area (Å²) in [6, 6.07) is -0.343. The highest BCUT2D eigenvalue weighted by Gasteiger charge is 2.46. The fraction of sp³-hybridized carbons (Fsp3) is 0.684. The molecule has 11 heteroatoms. The van der Waals surface area contributed by atoms with Gasteiger partial charge in [-0.05, 0) is 31.1 Å². The van der Waals surface area contributed by atoms with Crippen molar-refractivity contribution < 1.29 is 28.2 Å². The Bertz CT molecular complexity index is 750. The van der Waals surface area contributed by atoms with Crippen LogP contribution in [-0.2, 0) is 4.79 Å². The highest BCUT2D eigenvalue weighted by Crippen LogP contribution is 2.36. The van der Waals surface area contributed by atoms with Gasteiger partial charge in [-0.2, -0.15) is 0 Å². The molecule has 2 aliphatic rings. The zero-order chi connectivity index (χ0) is 22.5. The fourth-order valence-corrected chi connectivity index (χ4v) is 2.73. The number of hydrogen-bond donors (Lipinski definition) is 3. The molecule has 0 spiro atoms. The Labute approximate surface area is 174 Å². The Morgan fingerprint density at radius 3 is 2.50 bits per heavy atom. The van der Waals surface area contributed by atoms with Gasteiger partial charge in [-0.15, -0.1) is 0 Å². The summed E-state index contributed by atoms with van der Waals surface area (Å²) in [5.41, 5.74) is 5.26. The van der Waals surface area contributed by atoms with Crippen LogP contribution in [0, 0.1) is 11.8 Å². The maximum Gasteiger partial charge on any atom is 0.356 e. The Morgan fingerprint density at radius 2 is 2.03 bits per heavy atom. The van der Waals surface area contributed by atoms with E-state index in [-0.39, 0.29) is 29.3 Å². The molecule has 1 amide bonds. The minimum atomic E-state index is -2.74. The highest BCUT2D eigenvalue weighted by molar-refractivity contribution is 5.85. The first-order chi connectivity index (χ1) is 14.0. The van der Waals surface area contributed by atoms with Gasteiger partial charge in [0.25, 0.3) is 11.8 Å². The van der Waals surface area contributed by atoms with Gasteiger partial charge < -0.3 is 25.8 Å². The van der Waals surface area contributed by atoms with E-state index in [0.29, 0.717) is 18.4 Å². The number of aromatic nitrogens is 2. The van der Waals surface area contributed by atoms with Crippen molar-refractivity contribution in [3.8, 4) is 5.88 Å². The average Bonchev–Trinajstić information content (AvgIpc) is 3.47. The van der Waals surface area contributed by atoms with Crippen LogP contribution in [-0.4, -0.2) is 65.7 Å². The van der Waals surface area contributed by atoms with Crippen molar-refractivity contribution in [2.45, 2.75) is 45.1 Å². The van der Waals surface area contributed by atoms with E-state index < -0.39 is 25.0 Å². The van der Waals surface area contributed by atoms with Crippen LogP contribution in [0.5, 0.6) is 5.88 Å². The number of carboxylic acids is 1. The molecule has 9 nitrogen and oxygen atoms in total. The van der Waals surface area contributed by atoms with Gasteiger partial charge >= 0.3 is 5.97 Å². The van der Waals surface area contributed by atoms with Crippen LogP contribution in [0.4, 0.5) is 14.6 Å². The highest BCUT2D eigenvalue weighted by atomic mass is 19.3. The maximum atomic E-state index is 12.9. The predicted molar refractivity (Wildman–Crippen MR) is 106 cm³/mol. The number of nitrogens with one attached hydrogen (secondary N) is 1. The molecule has 1 saturated carbocycles. The molecule has 0 aromatic carbocycles. The molecule has 30 heavy (non-hydrogen) atoms. The molecule has 1 atom stereocenters. The number of nitrogens with zero attached hydrogens (tertiary/aromatic N) is 3. The van der Waals surface area contributed by atoms with Gasteiger partial charge in [-0.1, -0.05) is 13.8 Å². The smallest absolute Gasteiger partial charge is 0.356 e. The van der Waals surface area contributed by atoms with E-state index in [0.717, 1.165) is 25.5 Å².